The van der Waals surface area contributed by atoms with Gasteiger partial charge in [-0.2, -0.15) is 5.10 Å². The van der Waals surface area contributed by atoms with Gasteiger partial charge in [0.15, 0.2) is 11.5 Å². The Kier molecular flexibility index (Phi) is 6.14. The Morgan fingerprint density at radius 2 is 1.91 bits per heavy atom. The van der Waals surface area contributed by atoms with Crippen molar-refractivity contribution in [2.45, 2.75) is 0 Å². The number of nitrogens with one attached hydrogen (secondary N) is 1. The van der Waals surface area contributed by atoms with Crippen LogP contribution < -0.4 is 11.1 Å². The standard InChI is InChI=1S/C23H17ClF2N6O/c1-28-11-17(22(27)13-2-5-15(25)6-3-13)19-8-9-21-29-20(12-32(21)31-19)30-23(33)16-7-4-14(24)10-18(16)26/h2-12H,27H2,1H3,(H,30,33). The fourth-order valence-corrected chi connectivity index (χ4v) is 3.29. The monoisotopic (exact) mass is 466 g/mol. The van der Waals surface area contributed by atoms with Crippen molar-refractivity contribution in [1.29, 1.82) is 0 Å². The average molecular weight is 467 g/mol. The van der Waals surface area contributed by atoms with E-state index in [1.165, 1.54) is 35.0 Å². The lowest BCUT2D eigenvalue weighted by Gasteiger charge is -2.08. The number of nitrogens with two attached hydrogens (primary N) is 1. The summed E-state index contributed by atoms with van der Waals surface area (Å²) in [6, 6.07) is 12.9. The number of anilines is 1. The van der Waals surface area contributed by atoms with Gasteiger partial charge in [0.25, 0.3) is 5.91 Å². The van der Waals surface area contributed by atoms with Gasteiger partial charge in [-0.1, -0.05) is 11.6 Å². The predicted molar refractivity (Wildman–Crippen MR) is 124 cm³/mol. The van der Waals surface area contributed by atoms with Crippen molar-refractivity contribution in [3.63, 3.8) is 0 Å². The molecule has 0 bridgehead atoms. The molecule has 7 nitrogen and oxygen atoms in total. The van der Waals surface area contributed by atoms with E-state index in [9.17, 15) is 13.6 Å². The van der Waals surface area contributed by atoms with Gasteiger partial charge in [0, 0.05) is 29.6 Å². The van der Waals surface area contributed by atoms with E-state index < -0.39 is 11.7 Å². The third kappa shape index (κ3) is 4.73. The molecule has 0 spiro atoms. The highest BCUT2D eigenvalue weighted by atomic mass is 35.5. The molecule has 33 heavy (non-hydrogen) atoms. The summed E-state index contributed by atoms with van der Waals surface area (Å²) in [5.41, 5.74) is 8.56. The lowest BCUT2D eigenvalue weighted by atomic mass is 10.0. The third-order valence-electron chi connectivity index (χ3n) is 4.72. The zero-order valence-corrected chi connectivity index (χ0v) is 18.0. The molecule has 166 valence electrons. The largest absolute Gasteiger partial charge is 0.398 e. The molecule has 0 saturated carbocycles. The topological polar surface area (TPSA) is 97.7 Å². The molecule has 4 aromatic rings. The third-order valence-corrected chi connectivity index (χ3v) is 4.95. The van der Waals surface area contributed by atoms with Gasteiger partial charge in [-0.15, -0.1) is 0 Å². The maximum atomic E-state index is 14.0. The number of halogens is 3. The Labute approximate surface area is 192 Å². The highest BCUT2D eigenvalue weighted by Gasteiger charge is 2.15. The predicted octanol–water partition coefficient (Wildman–Crippen LogP) is 4.44. The van der Waals surface area contributed by atoms with E-state index in [0.717, 1.165) is 6.07 Å². The normalized spacial score (nSPS) is 12.2. The molecule has 1 amide bonds. The zero-order valence-electron chi connectivity index (χ0n) is 17.3. The number of carbonyl (C=O) groups is 1. The van der Waals surface area contributed by atoms with Crippen LogP contribution in [0.15, 0.2) is 65.8 Å². The maximum Gasteiger partial charge on any atom is 0.259 e. The molecular formula is C23H17ClF2N6O. The molecule has 0 saturated heterocycles. The summed E-state index contributed by atoms with van der Waals surface area (Å²) in [5.74, 6) is -1.61. The van der Waals surface area contributed by atoms with Gasteiger partial charge in [0.2, 0.25) is 0 Å². The summed E-state index contributed by atoms with van der Waals surface area (Å²) in [6.07, 6.45) is 3.04. The number of carbonyl (C=O) groups excluding carboxylic acids is 1. The molecule has 10 heteroatoms. The van der Waals surface area contributed by atoms with Crippen LogP contribution in [0.1, 0.15) is 21.6 Å². The zero-order chi connectivity index (χ0) is 23.5. The van der Waals surface area contributed by atoms with Crippen LogP contribution in [0.4, 0.5) is 14.6 Å². The van der Waals surface area contributed by atoms with E-state index in [1.54, 1.807) is 37.5 Å². The molecule has 0 fully saturated rings. The molecule has 2 aromatic heterocycles. The number of benzene rings is 2. The van der Waals surface area contributed by atoms with Crippen LogP contribution >= 0.6 is 11.6 Å². The number of aromatic nitrogens is 3. The number of fused-ring (bicyclic) bond motifs is 1. The van der Waals surface area contributed by atoms with Gasteiger partial charge in [0.05, 0.1) is 17.5 Å². The molecule has 0 atom stereocenters. The van der Waals surface area contributed by atoms with Gasteiger partial charge in [-0.25, -0.2) is 18.3 Å². The van der Waals surface area contributed by atoms with Crippen LogP contribution in [-0.2, 0) is 0 Å². The minimum atomic E-state index is -0.742. The number of imidazole rings is 1. The van der Waals surface area contributed by atoms with Gasteiger partial charge in [-0.3, -0.25) is 9.79 Å². The first kappa shape index (κ1) is 22.1. The number of rotatable bonds is 5. The minimum absolute atomic E-state index is 0.165. The number of hydrogen-bond acceptors (Lipinski definition) is 5. The molecule has 2 aromatic carbocycles. The van der Waals surface area contributed by atoms with E-state index in [4.69, 9.17) is 17.3 Å². The second-order valence-electron chi connectivity index (χ2n) is 6.95. The summed E-state index contributed by atoms with van der Waals surface area (Å²) < 4.78 is 28.8. The molecule has 0 aliphatic heterocycles. The molecule has 0 radical (unpaired) electrons. The highest BCUT2D eigenvalue weighted by molar-refractivity contribution is 6.30. The fraction of sp³-hybridized carbons (Fsp3) is 0.0435. The van der Waals surface area contributed by atoms with Crippen LogP contribution in [0.5, 0.6) is 0 Å². The summed E-state index contributed by atoms with van der Waals surface area (Å²) in [6.45, 7) is 0. The molecular weight excluding hydrogens is 450 g/mol. The maximum absolute atomic E-state index is 14.0. The quantitative estimate of drug-likeness (QED) is 0.425. The lowest BCUT2D eigenvalue weighted by molar-refractivity contribution is 0.102. The fourth-order valence-electron chi connectivity index (χ4n) is 3.13. The molecule has 2 heterocycles. The van der Waals surface area contributed by atoms with Crippen LogP contribution in [0.2, 0.25) is 5.02 Å². The van der Waals surface area contributed by atoms with Gasteiger partial charge in [-0.05, 0) is 60.2 Å². The first-order valence-corrected chi connectivity index (χ1v) is 10.0. The number of allylic oxidation sites excluding steroid dienone is 1. The highest BCUT2D eigenvalue weighted by Crippen LogP contribution is 2.22. The van der Waals surface area contributed by atoms with E-state index in [1.807, 2.05) is 0 Å². The summed E-state index contributed by atoms with van der Waals surface area (Å²) in [4.78, 5) is 20.7. The molecule has 0 aliphatic rings. The summed E-state index contributed by atoms with van der Waals surface area (Å²) >= 11 is 5.73. The average Bonchev–Trinajstić information content (AvgIpc) is 3.18. The first-order valence-electron chi connectivity index (χ1n) is 9.67. The van der Waals surface area contributed by atoms with E-state index >= 15 is 0 Å². The van der Waals surface area contributed by atoms with E-state index in [2.05, 4.69) is 20.4 Å². The summed E-state index contributed by atoms with van der Waals surface area (Å²) in [5, 5.41) is 7.23. The number of amides is 1. The van der Waals surface area contributed by atoms with Crippen molar-refractivity contribution in [1.82, 2.24) is 14.6 Å². The Hall–Kier alpha value is -4.11. The molecule has 0 aliphatic carbocycles. The van der Waals surface area contributed by atoms with Crippen molar-refractivity contribution in [3.8, 4) is 0 Å². The molecule has 3 N–H and O–H groups in total. The smallest absolute Gasteiger partial charge is 0.259 e. The van der Waals surface area contributed by atoms with E-state index in [0.29, 0.717) is 28.2 Å². The second kappa shape index (κ2) is 9.17. The van der Waals surface area contributed by atoms with Crippen LogP contribution in [0.3, 0.4) is 0 Å². The van der Waals surface area contributed by atoms with Crippen molar-refractivity contribution in [3.05, 3.63) is 94.3 Å². The van der Waals surface area contributed by atoms with Gasteiger partial charge >= 0.3 is 0 Å². The van der Waals surface area contributed by atoms with Gasteiger partial charge in [0.1, 0.15) is 11.6 Å². The van der Waals surface area contributed by atoms with Crippen molar-refractivity contribution in [2.24, 2.45) is 10.7 Å². The van der Waals surface area contributed by atoms with Crippen LogP contribution in [-0.4, -0.2) is 33.8 Å². The van der Waals surface area contributed by atoms with Crippen molar-refractivity contribution >= 4 is 46.5 Å². The Bertz CT molecular complexity index is 1410. The number of nitrogens with zero attached hydrogens (tertiary/aromatic N) is 4. The molecule has 0 unspecified atom stereocenters. The Balaban J connectivity index is 1.67. The SMILES string of the molecule is CN=CC(=C(N)c1ccc(F)cc1)c1ccc2nc(NC(=O)c3ccc(Cl)cc3F)cn2n1. The van der Waals surface area contributed by atoms with E-state index in [-0.39, 0.29) is 22.2 Å². The number of aliphatic imine (C=N–C) groups is 1. The number of hydrogen-bond donors (Lipinski definition) is 2. The van der Waals surface area contributed by atoms with Crippen molar-refractivity contribution in [2.75, 3.05) is 12.4 Å². The Morgan fingerprint density at radius 1 is 1.15 bits per heavy atom. The second-order valence-corrected chi connectivity index (χ2v) is 7.38. The minimum Gasteiger partial charge on any atom is -0.398 e. The summed E-state index contributed by atoms with van der Waals surface area (Å²) in [7, 11) is 1.59. The van der Waals surface area contributed by atoms with Crippen LogP contribution in [0, 0.1) is 11.6 Å². The molecule has 4 rings (SSSR count). The lowest BCUT2D eigenvalue weighted by Crippen LogP contribution is -2.13. The Morgan fingerprint density at radius 3 is 2.61 bits per heavy atom. The van der Waals surface area contributed by atoms with Gasteiger partial charge < -0.3 is 11.1 Å². The van der Waals surface area contributed by atoms with Crippen LogP contribution in [0.25, 0.3) is 16.9 Å². The first-order chi connectivity index (χ1) is 15.9. The van der Waals surface area contributed by atoms with Crippen molar-refractivity contribution < 1.29 is 13.6 Å².